The van der Waals surface area contributed by atoms with Crippen LogP contribution in [-0.2, 0) is 9.59 Å². The normalized spacial score (nSPS) is 26.8. The van der Waals surface area contributed by atoms with E-state index in [1.807, 2.05) is 11.9 Å². The molecule has 2 aliphatic rings. The van der Waals surface area contributed by atoms with E-state index in [0.29, 0.717) is 30.1 Å². The fourth-order valence-corrected chi connectivity index (χ4v) is 4.82. The Morgan fingerprint density at radius 1 is 1.19 bits per heavy atom. The molecule has 1 aliphatic carbocycles. The fraction of sp³-hybridized carbons (Fsp3) is 0.905. The Bertz CT molecular complexity index is 464. The van der Waals surface area contributed by atoms with Crippen LogP contribution >= 0.6 is 0 Å². The number of piperidine rings is 1. The van der Waals surface area contributed by atoms with Crippen molar-refractivity contribution in [1.82, 2.24) is 14.7 Å². The van der Waals surface area contributed by atoms with Gasteiger partial charge in [-0.2, -0.15) is 0 Å². The van der Waals surface area contributed by atoms with Gasteiger partial charge in [-0.15, -0.1) is 0 Å². The minimum atomic E-state index is 0.263. The van der Waals surface area contributed by atoms with Crippen LogP contribution in [-0.4, -0.2) is 78.7 Å². The molecular formula is C21H39N3O2. The zero-order valence-corrected chi connectivity index (χ0v) is 17.4. The number of hydrogen-bond acceptors (Lipinski definition) is 4. The monoisotopic (exact) mass is 365 g/mol. The van der Waals surface area contributed by atoms with Crippen LogP contribution in [0.25, 0.3) is 0 Å². The molecule has 0 aromatic rings. The predicted octanol–water partition coefficient (Wildman–Crippen LogP) is 2.65. The largest absolute Gasteiger partial charge is 0.344 e. The maximum absolute atomic E-state index is 12.7. The van der Waals surface area contributed by atoms with Gasteiger partial charge in [-0.3, -0.25) is 14.5 Å². The lowest BCUT2D eigenvalue weighted by atomic mass is 9.73. The molecule has 0 bridgehead atoms. The highest BCUT2D eigenvalue weighted by atomic mass is 16.2. The lowest BCUT2D eigenvalue weighted by Gasteiger charge is -2.47. The number of amides is 1. The number of rotatable bonds is 9. The summed E-state index contributed by atoms with van der Waals surface area (Å²) < 4.78 is 0. The summed E-state index contributed by atoms with van der Waals surface area (Å²) in [4.78, 5) is 31.5. The molecule has 2 fully saturated rings. The maximum atomic E-state index is 12.7. The third-order valence-electron chi connectivity index (χ3n) is 6.40. The van der Waals surface area contributed by atoms with E-state index in [2.05, 4.69) is 30.6 Å². The predicted molar refractivity (Wildman–Crippen MR) is 106 cm³/mol. The molecule has 1 aliphatic heterocycles. The van der Waals surface area contributed by atoms with Crippen molar-refractivity contribution in [1.29, 1.82) is 0 Å². The summed E-state index contributed by atoms with van der Waals surface area (Å²) in [6.45, 7) is 12.5. The molecule has 5 nitrogen and oxygen atoms in total. The van der Waals surface area contributed by atoms with Gasteiger partial charge < -0.3 is 9.80 Å². The molecule has 0 aromatic carbocycles. The SMILES string of the molecule is CCCN1C[C@@H](CC(=O)N(C)CCN(CC)CC)C[C@@H]2CC(=O)CC[C@H]21. The van der Waals surface area contributed by atoms with E-state index in [9.17, 15) is 9.59 Å². The quantitative estimate of drug-likeness (QED) is 0.630. The first-order valence-electron chi connectivity index (χ1n) is 10.7. The van der Waals surface area contributed by atoms with Crippen molar-refractivity contribution < 1.29 is 9.59 Å². The van der Waals surface area contributed by atoms with Crippen LogP contribution in [0.3, 0.4) is 0 Å². The van der Waals surface area contributed by atoms with E-state index in [1.54, 1.807) is 0 Å². The molecule has 1 amide bonds. The maximum Gasteiger partial charge on any atom is 0.222 e. The standard InChI is InChI=1S/C21H39N3O2/c1-5-10-24-16-17(13-18-15-19(25)8-9-20(18)24)14-21(26)22(4)11-12-23(6-2)7-3/h17-18,20H,5-16H2,1-4H3/t17-,18-,20-/m1/s1. The average Bonchev–Trinajstić information content (AvgIpc) is 2.62. The molecular weight excluding hydrogens is 326 g/mol. The third kappa shape index (κ3) is 5.78. The van der Waals surface area contributed by atoms with Crippen LogP contribution in [0.4, 0.5) is 0 Å². The molecule has 2 rings (SSSR count). The van der Waals surface area contributed by atoms with Crippen molar-refractivity contribution in [3.05, 3.63) is 0 Å². The number of ketones is 1. The number of Topliss-reactive ketones (excluding diaryl/α,β-unsaturated/α-hetero) is 1. The summed E-state index contributed by atoms with van der Waals surface area (Å²) >= 11 is 0. The van der Waals surface area contributed by atoms with Crippen LogP contribution in [0.15, 0.2) is 0 Å². The highest BCUT2D eigenvalue weighted by molar-refractivity contribution is 5.79. The minimum Gasteiger partial charge on any atom is -0.344 e. The van der Waals surface area contributed by atoms with Gasteiger partial charge in [0.2, 0.25) is 5.91 Å². The Balaban J connectivity index is 1.88. The summed E-state index contributed by atoms with van der Waals surface area (Å²) in [6.07, 6.45) is 5.32. The third-order valence-corrected chi connectivity index (χ3v) is 6.40. The first-order chi connectivity index (χ1) is 12.5. The second-order valence-corrected chi connectivity index (χ2v) is 8.25. The molecule has 26 heavy (non-hydrogen) atoms. The zero-order chi connectivity index (χ0) is 19.1. The van der Waals surface area contributed by atoms with Crippen molar-refractivity contribution in [2.45, 2.75) is 65.3 Å². The zero-order valence-electron chi connectivity index (χ0n) is 17.4. The topological polar surface area (TPSA) is 43.9 Å². The van der Waals surface area contributed by atoms with Gasteiger partial charge in [0.1, 0.15) is 5.78 Å². The Morgan fingerprint density at radius 2 is 1.92 bits per heavy atom. The van der Waals surface area contributed by atoms with Crippen LogP contribution in [0.1, 0.15) is 59.3 Å². The van der Waals surface area contributed by atoms with E-state index in [-0.39, 0.29) is 5.91 Å². The number of hydrogen-bond donors (Lipinski definition) is 0. The average molecular weight is 366 g/mol. The van der Waals surface area contributed by atoms with Crippen molar-refractivity contribution >= 4 is 11.7 Å². The summed E-state index contributed by atoms with van der Waals surface area (Å²) in [7, 11) is 1.94. The minimum absolute atomic E-state index is 0.263. The highest BCUT2D eigenvalue weighted by Crippen LogP contribution is 2.37. The molecule has 0 N–H and O–H groups in total. The number of carbonyl (C=O) groups is 2. The number of likely N-dealkylation sites (N-methyl/N-ethyl adjacent to an activating group) is 2. The summed E-state index contributed by atoms with van der Waals surface area (Å²) in [6, 6.07) is 0.569. The molecule has 0 unspecified atom stereocenters. The lowest BCUT2D eigenvalue weighted by Crippen LogP contribution is -2.52. The Labute approximate surface area is 160 Å². The van der Waals surface area contributed by atoms with E-state index >= 15 is 0 Å². The van der Waals surface area contributed by atoms with Crippen LogP contribution in [0.2, 0.25) is 0 Å². The van der Waals surface area contributed by atoms with Gasteiger partial charge in [-0.25, -0.2) is 0 Å². The van der Waals surface area contributed by atoms with E-state index in [0.717, 1.165) is 71.4 Å². The Kier molecular flexibility index (Phi) is 8.55. The van der Waals surface area contributed by atoms with Crippen molar-refractivity contribution in [2.24, 2.45) is 11.8 Å². The van der Waals surface area contributed by atoms with Gasteiger partial charge in [0.15, 0.2) is 0 Å². The number of nitrogens with zero attached hydrogens (tertiary/aromatic N) is 3. The van der Waals surface area contributed by atoms with Crippen molar-refractivity contribution in [3.63, 3.8) is 0 Å². The van der Waals surface area contributed by atoms with Crippen LogP contribution < -0.4 is 0 Å². The smallest absolute Gasteiger partial charge is 0.222 e. The molecule has 1 saturated carbocycles. The van der Waals surface area contributed by atoms with Gasteiger partial charge in [-0.1, -0.05) is 20.8 Å². The second-order valence-electron chi connectivity index (χ2n) is 8.25. The molecule has 150 valence electrons. The summed E-state index contributed by atoms with van der Waals surface area (Å²) in [5.41, 5.74) is 0. The van der Waals surface area contributed by atoms with Crippen molar-refractivity contribution in [3.8, 4) is 0 Å². The molecule has 3 atom stereocenters. The van der Waals surface area contributed by atoms with Gasteiger partial charge in [0, 0.05) is 52.0 Å². The lowest BCUT2D eigenvalue weighted by molar-refractivity contribution is -0.132. The number of carbonyl (C=O) groups excluding carboxylic acids is 2. The van der Waals surface area contributed by atoms with E-state index in [1.165, 1.54) is 0 Å². The molecule has 0 radical (unpaired) electrons. The van der Waals surface area contributed by atoms with E-state index < -0.39 is 0 Å². The first kappa shape index (κ1) is 21.4. The van der Waals surface area contributed by atoms with Crippen molar-refractivity contribution in [2.75, 3.05) is 46.3 Å². The Morgan fingerprint density at radius 3 is 2.58 bits per heavy atom. The Hall–Kier alpha value is -0.940. The second kappa shape index (κ2) is 10.4. The number of likely N-dealkylation sites (tertiary alicyclic amines) is 1. The van der Waals surface area contributed by atoms with E-state index in [4.69, 9.17) is 0 Å². The van der Waals surface area contributed by atoms with Gasteiger partial charge in [0.25, 0.3) is 0 Å². The molecule has 1 heterocycles. The molecule has 1 saturated heterocycles. The fourth-order valence-electron chi connectivity index (χ4n) is 4.82. The first-order valence-corrected chi connectivity index (χ1v) is 10.7. The number of fused-ring (bicyclic) bond motifs is 1. The molecule has 0 aromatic heterocycles. The van der Waals surface area contributed by atoms with Crippen LogP contribution in [0.5, 0.6) is 0 Å². The van der Waals surface area contributed by atoms with Gasteiger partial charge >= 0.3 is 0 Å². The highest BCUT2D eigenvalue weighted by Gasteiger charge is 2.39. The van der Waals surface area contributed by atoms with Gasteiger partial charge in [0.05, 0.1) is 0 Å². The summed E-state index contributed by atoms with van der Waals surface area (Å²) in [5, 5.41) is 0. The van der Waals surface area contributed by atoms with Gasteiger partial charge in [-0.05, 0) is 50.7 Å². The molecule has 5 heteroatoms. The summed E-state index contributed by atoms with van der Waals surface area (Å²) in [5.74, 6) is 1.55. The van der Waals surface area contributed by atoms with Crippen LogP contribution in [0, 0.1) is 11.8 Å². The molecule has 0 spiro atoms.